The highest BCUT2D eigenvalue weighted by molar-refractivity contribution is 5.84. The lowest BCUT2D eigenvalue weighted by Crippen LogP contribution is -2.36. The fourth-order valence-electron chi connectivity index (χ4n) is 2.38. The van der Waals surface area contributed by atoms with E-state index in [4.69, 9.17) is 4.74 Å². The van der Waals surface area contributed by atoms with Crippen LogP contribution in [0.1, 0.15) is 33.0 Å². The summed E-state index contributed by atoms with van der Waals surface area (Å²) in [4.78, 5) is 30.0. The van der Waals surface area contributed by atoms with Crippen molar-refractivity contribution in [3.63, 3.8) is 0 Å². The summed E-state index contributed by atoms with van der Waals surface area (Å²) in [6.07, 6.45) is 4.18. The normalized spacial score (nSPS) is 18.9. The number of amides is 1. The van der Waals surface area contributed by atoms with Crippen LogP contribution >= 0.6 is 0 Å². The van der Waals surface area contributed by atoms with Gasteiger partial charge in [-0.05, 0) is 27.2 Å². The average molecular weight is 293 g/mol. The molecule has 0 saturated carbocycles. The highest BCUT2D eigenvalue weighted by Crippen LogP contribution is 2.21. The number of aryl methyl sites for hydroxylation is 1. The van der Waals surface area contributed by atoms with Crippen LogP contribution < -0.4 is 0 Å². The molecule has 21 heavy (non-hydrogen) atoms. The van der Waals surface area contributed by atoms with E-state index in [0.717, 1.165) is 5.82 Å². The van der Waals surface area contributed by atoms with Crippen molar-refractivity contribution in [2.45, 2.75) is 39.2 Å². The summed E-state index contributed by atoms with van der Waals surface area (Å²) in [5, 5.41) is 0. The fourth-order valence-corrected chi connectivity index (χ4v) is 2.38. The first-order chi connectivity index (χ1) is 9.76. The van der Waals surface area contributed by atoms with E-state index in [1.807, 2.05) is 38.6 Å². The molecule has 1 unspecified atom stereocenters. The largest absolute Gasteiger partial charge is 0.444 e. The van der Waals surface area contributed by atoms with Crippen LogP contribution in [-0.2, 0) is 23.0 Å². The van der Waals surface area contributed by atoms with Crippen molar-refractivity contribution in [1.29, 1.82) is 0 Å². The van der Waals surface area contributed by atoms with Crippen LogP contribution in [0, 0.1) is 5.92 Å². The Morgan fingerprint density at radius 2 is 2.14 bits per heavy atom. The lowest BCUT2D eigenvalue weighted by Gasteiger charge is -2.24. The number of carbonyl (C=O) groups is 2. The molecule has 6 nitrogen and oxygen atoms in total. The van der Waals surface area contributed by atoms with Crippen LogP contribution in [0.2, 0.25) is 0 Å². The second-order valence-corrected chi connectivity index (χ2v) is 6.51. The van der Waals surface area contributed by atoms with E-state index in [2.05, 4.69) is 4.98 Å². The lowest BCUT2D eigenvalue weighted by atomic mass is 10.0. The predicted octanol–water partition coefficient (Wildman–Crippen LogP) is 1.79. The summed E-state index contributed by atoms with van der Waals surface area (Å²) in [5.41, 5.74) is -0.508. The number of likely N-dealkylation sites (tertiary alicyclic amines) is 1. The Balaban J connectivity index is 1.89. The van der Waals surface area contributed by atoms with Gasteiger partial charge < -0.3 is 14.2 Å². The number of Topliss-reactive ketones (excluding diaryl/α,β-unsaturated/α-hetero) is 1. The summed E-state index contributed by atoms with van der Waals surface area (Å²) in [6, 6.07) is 0. The van der Waals surface area contributed by atoms with Crippen molar-refractivity contribution >= 4 is 11.9 Å². The van der Waals surface area contributed by atoms with Gasteiger partial charge in [0.05, 0.1) is 6.42 Å². The van der Waals surface area contributed by atoms with E-state index in [1.54, 1.807) is 11.1 Å². The van der Waals surface area contributed by atoms with Gasteiger partial charge in [0.2, 0.25) is 0 Å². The SMILES string of the molecule is Cn1ccnc1CC(=O)C1CCN(C(=O)OC(C)(C)C)C1. The van der Waals surface area contributed by atoms with Gasteiger partial charge in [-0.2, -0.15) is 0 Å². The third kappa shape index (κ3) is 4.06. The molecule has 0 N–H and O–H groups in total. The van der Waals surface area contributed by atoms with Crippen molar-refractivity contribution < 1.29 is 14.3 Å². The number of nitrogens with zero attached hydrogens (tertiary/aromatic N) is 3. The van der Waals surface area contributed by atoms with Gasteiger partial charge in [-0.25, -0.2) is 9.78 Å². The maximum atomic E-state index is 12.3. The van der Waals surface area contributed by atoms with Crippen molar-refractivity contribution in [2.24, 2.45) is 13.0 Å². The molecule has 1 amide bonds. The third-order valence-corrected chi connectivity index (χ3v) is 3.55. The summed E-state index contributed by atoms with van der Waals surface area (Å²) >= 11 is 0. The maximum absolute atomic E-state index is 12.3. The number of hydrogen-bond donors (Lipinski definition) is 0. The van der Waals surface area contributed by atoms with Crippen LogP contribution in [0.25, 0.3) is 0 Å². The molecular weight excluding hydrogens is 270 g/mol. The molecule has 0 bridgehead atoms. The first-order valence-corrected chi connectivity index (χ1v) is 7.23. The molecule has 1 aromatic rings. The molecule has 1 saturated heterocycles. The Bertz CT molecular complexity index is 531. The Morgan fingerprint density at radius 1 is 1.43 bits per heavy atom. The first kappa shape index (κ1) is 15.5. The zero-order valence-electron chi connectivity index (χ0n) is 13.1. The van der Waals surface area contributed by atoms with E-state index in [9.17, 15) is 9.59 Å². The average Bonchev–Trinajstić information content (AvgIpc) is 2.97. The van der Waals surface area contributed by atoms with E-state index < -0.39 is 5.60 Å². The molecule has 1 aliphatic rings. The van der Waals surface area contributed by atoms with Crippen LogP contribution in [0.5, 0.6) is 0 Å². The summed E-state index contributed by atoms with van der Waals surface area (Å²) in [5.74, 6) is 0.778. The standard InChI is InChI=1S/C15H23N3O3/c1-15(2,3)21-14(20)18-7-5-11(10-18)12(19)9-13-16-6-8-17(13)4/h6,8,11H,5,7,9-10H2,1-4H3. The topological polar surface area (TPSA) is 64.4 Å². The van der Waals surface area contributed by atoms with Gasteiger partial charge in [0.1, 0.15) is 17.2 Å². The Kier molecular flexibility index (Phi) is 4.34. The van der Waals surface area contributed by atoms with Gasteiger partial charge in [0, 0.05) is 38.4 Å². The molecule has 1 aromatic heterocycles. The van der Waals surface area contributed by atoms with Crippen molar-refractivity contribution in [3.05, 3.63) is 18.2 Å². The summed E-state index contributed by atoms with van der Waals surface area (Å²) in [6.45, 7) is 6.53. The smallest absolute Gasteiger partial charge is 0.410 e. The van der Waals surface area contributed by atoms with Crippen molar-refractivity contribution in [2.75, 3.05) is 13.1 Å². The molecule has 0 radical (unpaired) electrons. The van der Waals surface area contributed by atoms with Crippen molar-refractivity contribution in [1.82, 2.24) is 14.5 Å². The minimum absolute atomic E-state index is 0.116. The van der Waals surface area contributed by atoms with Crippen LogP contribution in [0.3, 0.4) is 0 Å². The van der Waals surface area contributed by atoms with E-state index in [-0.39, 0.29) is 17.8 Å². The Hall–Kier alpha value is -1.85. The highest BCUT2D eigenvalue weighted by Gasteiger charge is 2.33. The zero-order valence-corrected chi connectivity index (χ0v) is 13.1. The van der Waals surface area contributed by atoms with Gasteiger partial charge in [-0.3, -0.25) is 4.79 Å². The predicted molar refractivity (Wildman–Crippen MR) is 77.8 cm³/mol. The van der Waals surface area contributed by atoms with Crippen LogP contribution in [-0.4, -0.2) is 45.0 Å². The maximum Gasteiger partial charge on any atom is 0.410 e. The van der Waals surface area contributed by atoms with E-state index >= 15 is 0 Å². The molecular formula is C15H23N3O3. The summed E-state index contributed by atoms with van der Waals surface area (Å²) in [7, 11) is 1.87. The number of rotatable bonds is 3. The quantitative estimate of drug-likeness (QED) is 0.852. The number of ketones is 1. The second kappa shape index (κ2) is 5.87. The third-order valence-electron chi connectivity index (χ3n) is 3.55. The molecule has 0 aliphatic carbocycles. The first-order valence-electron chi connectivity index (χ1n) is 7.23. The van der Waals surface area contributed by atoms with Crippen LogP contribution in [0.15, 0.2) is 12.4 Å². The Labute approximate surface area is 125 Å². The van der Waals surface area contributed by atoms with Crippen molar-refractivity contribution in [3.8, 4) is 0 Å². The second-order valence-electron chi connectivity index (χ2n) is 6.51. The summed E-state index contributed by atoms with van der Waals surface area (Å²) < 4.78 is 7.18. The molecule has 0 aromatic carbocycles. The number of ether oxygens (including phenoxy) is 1. The minimum atomic E-state index is -0.508. The molecule has 6 heteroatoms. The van der Waals surface area contributed by atoms with Gasteiger partial charge >= 0.3 is 6.09 Å². The highest BCUT2D eigenvalue weighted by atomic mass is 16.6. The number of hydrogen-bond acceptors (Lipinski definition) is 4. The molecule has 1 fully saturated rings. The number of carbonyl (C=O) groups excluding carboxylic acids is 2. The molecule has 0 spiro atoms. The number of imidazole rings is 1. The monoisotopic (exact) mass is 293 g/mol. The molecule has 2 heterocycles. The Morgan fingerprint density at radius 3 is 2.71 bits per heavy atom. The van der Waals surface area contributed by atoms with E-state index in [0.29, 0.717) is 25.9 Å². The van der Waals surface area contributed by atoms with Crippen LogP contribution in [0.4, 0.5) is 4.79 Å². The molecule has 1 atom stereocenters. The molecule has 116 valence electrons. The number of aromatic nitrogens is 2. The molecule has 2 rings (SSSR count). The lowest BCUT2D eigenvalue weighted by molar-refractivity contribution is -0.121. The van der Waals surface area contributed by atoms with Gasteiger partial charge in [0.25, 0.3) is 0 Å². The van der Waals surface area contributed by atoms with Gasteiger partial charge in [0.15, 0.2) is 0 Å². The van der Waals surface area contributed by atoms with Gasteiger partial charge in [-0.15, -0.1) is 0 Å². The molecule has 1 aliphatic heterocycles. The van der Waals surface area contributed by atoms with E-state index in [1.165, 1.54) is 0 Å². The van der Waals surface area contributed by atoms with Gasteiger partial charge in [-0.1, -0.05) is 0 Å². The zero-order chi connectivity index (χ0) is 15.6. The fraction of sp³-hybridized carbons (Fsp3) is 0.667. The minimum Gasteiger partial charge on any atom is -0.444 e.